The number of piperazine rings is 1. The van der Waals surface area contributed by atoms with Gasteiger partial charge >= 0.3 is 6.09 Å². The number of rotatable bonds is 2. The lowest BCUT2D eigenvalue weighted by atomic mass is 9.99. The Kier molecular flexibility index (Phi) is 7.22. The molecule has 4 heterocycles. The number of aromatic hydroxyl groups is 1. The van der Waals surface area contributed by atoms with Crippen molar-refractivity contribution in [1.82, 2.24) is 14.8 Å². The minimum Gasteiger partial charge on any atom is -0.507 e. The first-order valence-corrected chi connectivity index (χ1v) is 13.7. The molecule has 5 rings (SSSR count). The zero-order valence-corrected chi connectivity index (χ0v) is 24.3. The van der Waals surface area contributed by atoms with Crippen LogP contribution in [0.25, 0.3) is 11.3 Å². The Balaban J connectivity index is 1.63. The summed E-state index contributed by atoms with van der Waals surface area (Å²) < 4.78 is 42.9. The number of pyridine rings is 1. The van der Waals surface area contributed by atoms with E-state index in [9.17, 15) is 19.8 Å². The Bertz CT molecular complexity index is 1420. The van der Waals surface area contributed by atoms with Gasteiger partial charge in [0.25, 0.3) is 5.91 Å². The molecule has 41 heavy (non-hydrogen) atoms. The van der Waals surface area contributed by atoms with Gasteiger partial charge in [-0.25, -0.2) is 18.6 Å². The second-order valence-corrected chi connectivity index (χ2v) is 12.6. The fourth-order valence-corrected chi connectivity index (χ4v) is 5.81. The van der Waals surface area contributed by atoms with Gasteiger partial charge in [0.2, 0.25) is 0 Å². The van der Waals surface area contributed by atoms with E-state index in [-0.39, 0.29) is 49.2 Å². The van der Waals surface area contributed by atoms with Crippen molar-refractivity contribution in [3.63, 3.8) is 0 Å². The monoisotopic (exact) mass is 594 g/mol. The molecule has 0 bridgehead atoms. The van der Waals surface area contributed by atoms with Crippen LogP contribution >= 0.6 is 11.6 Å². The smallest absolute Gasteiger partial charge is 0.410 e. The number of halogens is 3. The molecule has 2 atom stereocenters. The van der Waals surface area contributed by atoms with E-state index in [0.29, 0.717) is 6.42 Å². The van der Waals surface area contributed by atoms with E-state index in [4.69, 9.17) is 21.1 Å². The van der Waals surface area contributed by atoms with Crippen LogP contribution in [0.3, 0.4) is 0 Å². The van der Waals surface area contributed by atoms with Crippen molar-refractivity contribution in [3.05, 3.63) is 34.4 Å². The number of phenols is 1. The number of ether oxygens (including phenoxy) is 2. The number of phenolic OH excluding ortho intramolecular Hbond substituents is 1. The van der Waals surface area contributed by atoms with Gasteiger partial charge in [0.1, 0.15) is 35.0 Å². The van der Waals surface area contributed by atoms with Gasteiger partial charge in [0, 0.05) is 31.7 Å². The maximum absolute atomic E-state index is 16.3. The van der Waals surface area contributed by atoms with E-state index in [0.717, 1.165) is 12.1 Å². The van der Waals surface area contributed by atoms with Gasteiger partial charge in [-0.2, -0.15) is 0 Å². The van der Waals surface area contributed by atoms with Crippen LogP contribution in [0.2, 0.25) is 5.02 Å². The fourth-order valence-electron chi connectivity index (χ4n) is 5.65. The highest BCUT2D eigenvalue weighted by atomic mass is 35.5. The number of β-amino-alcohol motifs (C(OH)–C–C–N with tert-alkyl or cyclic N) is 1. The van der Waals surface area contributed by atoms with Gasteiger partial charge in [-0.05, 0) is 53.2 Å². The Morgan fingerprint density at radius 2 is 1.88 bits per heavy atom. The normalized spacial score (nSPS) is 22.2. The van der Waals surface area contributed by atoms with E-state index in [1.165, 1.54) is 9.80 Å². The number of carbonyl (C=O) groups excluding carboxylic acids is 2. The minimum absolute atomic E-state index is 0.0167. The lowest BCUT2D eigenvalue weighted by Crippen LogP contribution is -2.58. The van der Waals surface area contributed by atoms with E-state index in [2.05, 4.69) is 4.98 Å². The summed E-state index contributed by atoms with van der Waals surface area (Å²) in [7, 11) is 0. The molecule has 1 aromatic heterocycles. The van der Waals surface area contributed by atoms with Gasteiger partial charge in [-0.1, -0.05) is 11.6 Å². The van der Waals surface area contributed by atoms with Gasteiger partial charge in [0.05, 0.1) is 22.7 Å². The Labute approximate surface area is 241 Å². The first-order chi connectivity index (χ1) is 19.1. The van der Waals surface area contributed by atoms with Crippen LogP contribution in [0.5, 0.6) is 11.5 Å². The minimum atomic E-state index is -1.14. The molecule has 3 aliphatic rings. The van der Waals surface area contributed by atoms with E-state index >= 15 is 8.78 Å². The number of hydrogen-bond donors (Lipinski definition) is 2. The molecule has 2 aromatic rings. The molecule has 0 spiro atoms. The predicted octanol–water partition coefficient (Wildman–Crippen LogP) is 4.19. The summed E-state index contributed by atoms with van der Waals surface area (Å²) in [6, 6.07) is 1.61. The summed E-state index contributed by atoms with van der Waals surface area (Å²) in [6.07, 6.45) is -0.972. The Morgan fingerprint density at radius 1 is 1.17 bits per heavy atom. The van der Waals surface area contributed by atoms with Gasteiger partial charge in [0.15, 0.2) is 17.4 Å². The summed E-state index contributed by atoms with van der Waals surface area (Å²) in [5, 5.41) is 20.7. The molecule has 1 unspecified atom stereocenters. The molecule has 13 heteroatoms. The number of nitrogens with zero attached hydrogens (tertiary/aromatic N) is 4. The Morgan fingerprint density at radius 3 is 2.51 bits per heavy atom. The number of anilines is 1. The van der Waals surface area contributed by atoms with E-state index in [1.807, 2.05) is 13.8 Å². The maximum Gasteiger partial charge on any atom is 0.410 e. The number of benzene rings is 1. The van der Waals surface area contributed by atoms with Crippen molar-refractivity contribution in [2.24, 2.45) is 0 Å². The molecule has 1 aromatic carbocycles. The van der Waals surface area contributed by atoms with E-state index in [1.54, 1.807) is 25.7 Å². The van der Waals surface area contributed by atoms with Crippen LogP contribution in [-0.2, 0) is 4.74 Å². The number of aromatic nitrogens is 1. The standard InChI is InChI=1S/C28H33ClF2N4O6/c1-27(2,3)41-26(39)33-8-9-34-14(11-33)13-40-23-19(25(34)38)24(35-12-15(36)10-28(35,4)5)32-22(21(23)31)18-17(37)7-6-16(29)20(18)30/h6-7,14-15,36-37H,8-13H2,1-5H3/t14-,15?/m1/s1. The molecule has 2 N–H and O–H groups in total. The highest BCUT2D eigenvalue weighted by Crippen LogP contribution is 2.46. The second-order valence-electron chi connectivity index (χ2n) is 12.2. The van der Waals surface area contributed by atoms with Crippen LogP contribution in [0.4, 0.5) is 19.4 Å². The van der Waals surface area contributed by atoms with Crippen LogP contribution in [-0.4, -0.2) is 93.1 Å². The number of fused-ring (bicyclic) bond motifs is 2. The molecule has 0 aliphatic carbocycles. The van der Waals surface area contributed by atoms with Crippen molar-refractivity contribution in [3.8, 4) is 22.8 Å². The molecular formula is C28H33ClF2N4O6. The largest absolute Gasteiger partial charge is 0.507 e. The van der Waals surface area contributed by atoms with Crippen LogP contribution < -0.4 is 9.64 Å². The molecule has 0 radical (unpaired) electrons. The summed E-state index contributed by atoms with van der Waals surface area (Å²) >= 11 is 5.96. The number of carbonyl (C=O) groups is 2. The highest BCUT2D eigenvalue weighted by Gasteiger charge is 2.46. The third-order valence-corrected chi connectivity index (χ3v) is 7.82. The molecule has 2 saturated heterocycles. The molecule has 2 fully saturated rings. The average Bonchev–Trinajstić information content (AvgIpc) is 3.06. The summed E-state index contributed by atoms with van der Waals surface area (Å²) in [5.74, 6) is -3.88. The summed E-state index contributed by atoms with van der Waals surface area (Å²) in [6.45, 7) is 9.23. The van der Waals surface area contributed by atoms with Crippen molar-refractivity contribution in [2.45, 2.75) is 64.3 Å². The van der Waals surface area contributed by atoms with Gasteiger partial charge < -0.3 is 34.4 Å². The Hall–Kier alpha value is -3.38. The SMILES string of the molecule is CC(C)(C)OC(=O)N1CCN2C(=O)c3c(N4CC(O)CC4(C)C)nc(-c4c(O)ccc(Cl)c4F)c(F)c3OC[C@H]2C1. The van der Waals surface area contributed by atoms with E-state index < -0.39 is 69.7 Å². The zero-order chi connectivity index (χ0) is 30.0. The third-order valence-electron chi connectivity index (χ3n) is 7.53. The lowest BCUT2D eigenvalue weighted by Gasteiger charge is -2.40. The molecule has 0 saturated carbocycles. The number of hydrogen-bond acceptors (Lipinski definition) is 8. The summed E-state index contributed by atoms with van der Waals surface area (Å²) in [5.41, 5.74) is -2.77. The molecular weight excluding hydrogens is 562 g/mol. The third kappa shape index (κ3) is 5.23. The summed E-state index contributed by atoms with van der Waals surface area (Å²) in [4.78, 5) is 35.9. The van der Waals surface area contributed by atoms with Crippen LogP contribution in [0.15, 0.2) is 12.1 Å². The molecule has 222 valence electrons. The fraction of sp³-hybridized carbons (Fsp3) is 0.536. The van der Waals surface area contributed by atoms with Crippen molar-refractivity contribution in [2.75, 3.05) is 37.7 Å². The van der Waals surface area contributed by atoms with Crippen LogP contribution in [0.1, 0.15) is 51.4 Å². The number of aliphatic hydroxyl groups is 1. The first kappa shape index (κ1) is 29.1. The lowest BCUT2D eigenvalue weighted by molar-refractivity contribution is 0.000864. The molecule has 2 amide bonds. The van der Waals surface area contributed by atoms with Gasteiger partial charge in [-0.15, -0.1) is 0 Å². The molecule has 10 nitrogen and oxygen atoms in total. The van der Waals surface area contributed by atoms with Gasteiger partial charge in [-0.3, -0.25) is 4.79 Å². The molecule has 3 aliphatic heterocycles. The zero-order valence-electron chi connectivity index (χ0n) is 23.5. The first-order valence-electron chi connectivity index (χ1n) is 13.4. The number of amides is 2. The predicted molar refractivity (Wildman–Crippen MR) is 146 cm³/mol. The quantitative estimate of drug-likeness (QED) is 0.532. The van der Waals surface area contributed by atoms with Crippen molar-refractivity contribution in [1.29, 1.82) is 0 Å². The number of aliphatic hydroxyl groups excluding tert-OH is 1. The second kappa shape index (κ2) is 10.2. The topological polar surface area (TPSA) is 116 Å². The van der Waals surface area contributed by atoms with Crippen LogP contribution in [0, 0.1) is 11.6 Å². The van der Waals surface area contributed by atoms with Crippen molar-refractivity contribution < 1.29 is 38.1 Å². The highest BCUT2D eigenvalue weighted by molar-refractivity contribution is 6.31. The maximum atomic E-state index is 16.3. The van der Waals surface area contributed by atoms with Crippen molar-refractivity contribution >= 4 is 29.4 Å². The average molecular weight is 595 g/mol.